The van der Waals surface area contributed by atoms with Crippen LogP contribution in [-0.2, 0) is 0 Å². The van der Waals surface area contributed by atoms with Crippen molar-refractivity contribution >= 4 is 11.9 Å². The zero-order chi connectivity index (χ0) is 4.41. The molecule has 0 spiro atoms. The molecule has 1 aliphatic heterocycles. The average Bonchev–Trinajstić information content (AvgIpc) is 1.86. The van der Waals surface area contributed by atoms with Crippen LogP contribution in [0.4, 0.5) is 0 Å². The van der Waals surface area contributed by atoms with Gasteiger partial charge in [-0.15, -0.1) is 0 Å². The minimum Gasteiger partial charge on any atom is -0.298 e. The molecule has 0 aliphatic carbocycles. The highest BCUT2D eigenvalue weighted by atomic mass is 14.7. The Morgan fingerprint density at radius 3 is 2.83 bits per heavy atom. The molecule has 0 amide bonds. The Bertz CT molecular complexity index is 108. The van der Waals surface area contributed by atoms with Crippen LogP contribution in [0.2, 0.25) is 0 Å². The van der Waals surface area contributed by atoms with Crippen LogP contribution >= 0.6 is 0 Å². The van der Waals surface area contributed by atoms with Crippen LogP contribution in [-0.4, -0.2) is 11.9 Å². The highest BCUT2D eigenvalue weighted by Crippen LogP contribution is 1.83. The predicted molar refractivity (Wildman–Crippen MR) is 24.3 cm³/mol. The Morgan fingerprint density at radius 2 is 2.67 bits per heavy atom. The van der Waals surface area contributed by atoms with Gasteiger partial charge in [0.05, 0.1) is 5.71 Å². The predicted octanol–water partition coefficient (Wildman–Crippen LogP) is 0.481. The number of allylic oxidation sites excluding steroid dienone is 1. The lowest BCUT2D eigenvalue weighted by atomic mass is 10.4. The van der Waals surface area contributed by atoms with Gasteiger partial charge in [0.1, 0.15) is 6.21 Å². The van der Waals surface area contributed by atoms with Gasteiger partial charge in [0.15, 0.2) is 0 Å². The van der Waals surface area contributed by atoms with E-state index in [-0.39, 0.29) is 0 Å². The standard InChI is InChI=1S/C4H3N2/c5-4-1-2-6-3-4/h1-2,5H. The fourth-order valence-electron chi connectivity index (χ4n) is 0.256. The van der Waals surface area contributed by atoms with Crippen LogP contribution in [0.5, 0.6) is 0 Å². The summed E-state index contributed by atoms with van der Waals surface area (Å²) >= 11 is 0. The summed E-state index contributed by atoms with van der Waals surface area (Å²) in [5.41, 5.74) is 0.356. The topological polar surface area (TPSA) is 36.2 Å². The van der Waals surface area contributed by atoms with E-state index in [4.69, 9.17) is 5.41 Å². The molecule has 29 valence electrons. The molecule has 0 aromatic rings. The molecule has 0 aromatic heterocycles. The molecular weight excluding hydrogens is 76.1 g/mol. The van der Waals surface area contributed by atoms with E-state index in [1.807, 2.05) is 0 Å². The lowest BCUT2D eigenvalue weighted by Crippen LogP contribution is -1.82. The van der Waals surface area contributed by atoms with Crippen molar-refractivity contribution < 1.29 is 0 Å². The van der Waals surface area contributed by atoms with Gasteiger partial charge >= 0.3 is 0 Å². The van der Waals surface area contributed by atoms with Gasteiger partial charge in [-0.1, -0.05) is 0 Å². The lowest BCUT2D eigenvalue weighted by Gasteiger charge is -1.64. The maximum atomic E-state index is 6.76. The van der Waals surface area contributed by atoms with Crippen LogP contribution in [0.1, 0.15) is 0 Å². The van der Waals surface area contributed by atoms with Gasteiger partial charge in [0, 0.05) is 6.20 Å². The molecule has 1 heterocycles. The van der Waals surface area contributed by atoms with Crippen molar-refractivity contribution in [3.8, 4) is 0 Å². The van der Waals surface area contributed by atoms with Gasteiger partial charge < -0.3 is 0 Å². The number of rotatable bonds is 0. The molecule has 0 bridgehead atoms. The smallest absolute Gasteiger partial charge is 0.116 e. The summed E-state index contributed by atoms with van der Waals surface area (Å²) in [6.45, 7) is 0. The van der Waals surface area contributed by atoms with E-state index in [1.54, 1.807) is 12.3 Å². The Balaban J connectivity index is 2.86. The Morgan fingerprint density at radius 1 is 1.83 bits per heavy atom. The summed E-state index contributed by atoms with van der Waals surface area (Å²) in [6, 6.07) is 0. The van der Waals surface area contributed by atoms with Gasteiger partial charge in [0.2, 0.25) is 0 Å². The maximum Gasteiger partial charge on any atom is 0.116 e. The highest BCUT2D eigenvalue weighted by molar-refractivity contribution is 6.36. The van der Waals surface area contributed by atoms with E-state index in [0.29, 0.717) is 5.71 Å². The lowest BCUT2D eigenvalue weighted by molar-refractivity contribution is 1.56. The number of nitrogens with zero attached hydrogens (tertiary/aromatic N) is 1. The van der Waals surface area contributed by atoms with Crippen molar-refractivity contribution in [2.45, 2.75) is 0 Å². The Labute approximate surface area is 35.7 Å². The molecule has 0 saturated carbocycles. The third kappa shape index (κ3) is 0.360. The fraction of sp³-hybridized carbons (Fsp3) is 0. The van der Waals surface area contributed by atoms with Crippen molar-refractivity contribution in [1.82, 2.24) is 0 Å². The molecule has 0 atom stereocenters. The van der Waals surface area contributed by atoms with Gasteiger partial charge in [-0.25, -0.2) is 0 Å². The second-order valence-electron chi connectivity index (χ2n) is 0.970. The third-order valence-electron chi connectivity index (χ3n) is 0.501. The van der Waals surface area contributed by atoms with Crippen molar-refractivity contribution in [3.05, 3.63) is 12.3 Å². The Kier molecular flexibility index (Phi) is 0.572. The largest absolute Gasteiger partial charge is 0.298 e. The number of aliphatic imine (C=N–C) groups is 1. The first-order valence-electron chi connectivity index (χ1n) is 1.60. The van der Waals surface area contributed by atoms with E-state index in [1.165, 1.54) is 0 Å². The number of nitrogens with one attached hydrogen (secondary N) is 1. The molecule has 1 aliphatic rings. The van der Waals surface area contributed by atoms with Crippen LogP contribution < -0.4 is 0 Å². The van der Waals surface area contributed by atoms with E-state index < -0.39 is 0 Å². The SMILES string of the molecule is N=C1[C]=NC=C1. The first-order chi connectivity index (χ1) is 2.89. The van der Waals surface area contributed by atoms with Crippen molar-refractivity contribution in [1.29, 1.82) is 5.41 Å². The van der Waals surface area contributed by atoms with E-state index in [9.17, 15) is 0 Å². The third-order valence-corrected chi connectivity index (χ3v) is 0.501. The zero-order valence-electron chi connectivity index (χ0n) is 3.10. The van der Waals surface area contributed by atoms with Crippen LogP contribution in [0.15, 0.2) is 17.3 Å². The van der Waals surface area contributed by atoms with Crippen LogP contribution in [0.25, 0.3) is 0 Å². The summed E-state index contributed by atoms with van der Waals surface area (Å²) in [6.07, 6.45) is 5.54. The van der Waals surface area contributed by atoms with Gasteiger partial charge in [-0.2, -0.15) is 0 Å². The van der Waals surface area contributed by atoms with Gasteiger partial charge in [0.25, 0.3) is 0 Å². The maximum absolute atomic E-state index is 6.76. The Hall–Kier alpha value is -0.920. The van der Waals surface area contributed by atoms with Gasteiger partial charge in [-0.3, -0.25) is 10.4 Å². The quantitative estimate of drug-likeness (QED) is 0.438. The molecule has 2 nitrogen and oxygen atoms in total. The number of hydrogen-bond donors (Lipinski definition) is 1. The molecule has 0 fully saturated rings. The zero-order valence-corrected chi connectivity index (χ0v) is 3.10. The van der Waals surface area contributed by atoms with Gasteiger partial charge in [-0.05, 0) is 6.08 Å². The number of hydrogen-bond acceptors (Lipinski definition) is 2. The normalized spacial score (nSPS) is 17.0. The molecule has 1 N–H and O–H groups in total. The summed E-state index contributed by atoms with van der Waals surface area (Å²) in [5, 5.41) is 6.76. The molecule has 0 unspecified atom stereocenters. The summed E-state index contributed by atoms with van der Waals surface area (Å²) in [4.78, 5) is 3.51. The second-order valence-corrected chi connectivity index (χ2v) is 0.970. The second kappa shape index (κ2) is 1.05. The summed E-state index contributed by atoms with van der Waals surface area (Å²) in [5.74, 6) is 0. The fourth-order valence-corrected chi connectivity index (χ4v) is 0.256. The molecule has 1 radical (unpaired) electrons. The molecule has 1 rings (SSSR count). The first-order valence-corrected chi connectivity index (χ1v) is 1.60. The van der Waals surface area contributed by atoms with Crippen LogP contribution in [0.3, 0.4) is 0 Å². The van der Waals surface area contributed by atoms with Crippen molar-refractivity contribution in [2.75, 3.05) is 0 Å². The van der Waals surface area contributed by atoms with Crippen molar-refractivity contribution in [2.24, 2.45) is 4.99 Å². The molecule has 0 aromatic carbocycles. The highest BCUT2D eigenvalue weighted by Gasteiger charge is 1.86. The first kappa shape index (κ1) is 3.28. The van der Waals surface area contributed by atoms with E-state index in [2.05, 4.69) is 11.2 Å². The van der Waals surface area contributed by atoms with E-state index >= 15 is 0 Å². The summed E-state index contributed by atoms with van der Waals surface area (Å²) in [7, 11) is 0. The van der Waals surface area contributed by atoms with Crippen LogP contribution in [0, 0.1) is 5.41 Å². The average molecular weight is 79.1 g/mol. The molecule has 2 heteroatoms. The monoisotopic (exact) mass is 79.0 g/mol. The van der Waals surface area contributed by atoms with Crippen molar-refractivity contribution in [3.63, 3.8) is 0 Å². The molecule has 0 saturated heterocycles. The molecular formula is C4H3N2. The minimum absolute atomic E-state index is 0.356. The van der Waals surface area contributed by atoms with E-state index in [0.717, 1.165) is 0 Å². The molecule has 6 heavy (non-hydrogen) atoms. The summed E-state index contributed by atoms with van der Waals surface area (Å²) < 4.78 is 0. The minimum atomic E-state index is 0.356.